The molecule has 0 fully saturated rings. The van der Waals surface area contributed by atoms with Crippen LogP contribution in [0.15, 0.2) is 12.4 Å². The average Bonchev–Trinajstić information content (AvgIpc) is 2.36. The van der Waals surface area contributed by atoms with Crippen molar-refractivity contribution >= 4 is 0 Å². The lowest BCUT2D eigenvalue weighted by Gasteiger charge is -2.05. The largest absolute Gasteiger partial charge is 0.269 e. The highest BCUT2D eigenvalue weighted by Crippen LogP contribution is 2.08. The zero-order chi connectivity index (χ0) is 8.27. The van der Waals surface area contributed by atoms with Crippen LogP contribution < -0.4 is 0 Å². The molecule has 1 rings (SSSR count). The highest BCUT2D eigenvalue weighted by atomic mass is 15.3. The molecule has 0 N–H and O–H groups in total. The van der Waals surface area contributed by atoms with E-state index in [1.54, 1.807) is 6.20 Å². The topological polar surface area (TPSA) is 41.6 Å². The lowest BCUT2D eigenvalue weighted by Crippen LogP contribution is -2.03. The van der Waals surface area contributed by atoms with Crippen molar-refractivity contribution < 1.29 is 0 Å². The Balaban J connectivity index is 2.70. The number of nitriles is 1. The lowest BCUT2D eigenvalue weighted by atomic mass is 10.2. The zero-order valence-corrected chi connectivity index (χ0v) is 6.78. The van der Waals surface area contributed by atoms with E-state index in [1.165, 1.54) is 0 Å². The molecule has 1 atom stereocenters. The van der Waals surface area contributed by atoms with Gasteiger partial charge in [0, 0.05) is 6.20 Å². The van der Waals surface area contributed by atoms with Gasteiger partial charge in [-0.3, -0.25) is 4.68 Å². The van der Waals surface area contributed by atoms with Crippen LogP contribution in [0.25, 0.3) is 0 Å². The van der Waals surface area contributed by atoms with E-state index in [-0.39, 0.29) is 6.04 Å². The minimum Gasteiger partial charge on any atom is -0.269 e. The van der Waals surface area contributed by atoms with E-state index >= 15 is 0 Å². The van der Waals surface area contributed by atoms with Crippen molar-refractivity contribution in [2.24, 2.45) is 0 Å². The summed E-state index contributed by atoms with van der Waals surface area (Å²) >= 11 is 0. The van der Waals surface area contributed by atoms with Gasteiger partial charge in [0.05, 0.1) is 24.7 Å². The van der Waals surface area contributed by atoms with Crippen LogP contribution in [0.3, 0.4) is 0 Å². The molecule has 0 spiro atoms. The van der Waals surface area contributed by atoms with Gasteiger partial charge < -0.3 is 0 Å². The predicted octanol–water partition coefficient (Wildman–Crippen LogP) is 1.67. The van der Waals surface area contributed by atoms with Crippen molar-refractivity contribution in [3.63, 3.8) is 0 Å². The number of nitrogens with zero attached hydrogens (tertiary/aromatic N) is 3. The fraction of sp³-hybridized carbons (Fsp3) is 0.500. The Hall–Kier alpha value is -1.30. The van der Waals surface area contributed by atoms with E-state index in [2.05, 4.69) is 11.2 Å². The van der Waals surface area contributed by atoms with Crippen molar-refractivity contribution in [2.75, 3.05) is 0 Å². The molecule has 11 heavy (non-hydrogen) atoms. The summed E-state index contributed by atoms with van der Waals surface area (Å²) in [5.74, 6) is 0. The van der Waals surface area contributed by atoms with Crippen molar-refractivity contribution in [3.8, 4) is 6.07 Å². The van der Waals surface area contributed by atoms with Gasteiger partial charge in [-0.25, -0.2) is 0 Å². The van der Waals surface area contributed by atoms with E-state index in [4.69, 9.17) is 5.26 Å². The van der Waals surface area contributed by atoms with E-state index in [9.17, 15) is 0 Å². The molecule has 3 nitrogen and oxygen atoms in total. The van der Waals surface area contributed by atoms with Gasteiger partial charge in [-0.05, 0) is 19.4 Å². The third kappa shape index (κ3) is 1.81. The Morgan fingerprint density at radius 2 is 2.55 bits per heavy atom. The molecule has 0 aliphatic heterocycles. The molecule has 0 aliphatic rings. The number of aromatic nitrogens is 2. The molecule has 0 radical (unpaired) electrons. The molecule has 0 aliphatic carbocycles. The fourth-order valence-corrected chi connectivity index (χ4v) is 0.900. The summed E-state index contributed by atoms with van der Waals surface area (Å²) in [6, 6.07) is 2.30. The molecular weight excluding hydrogens is 138 g/mol. The molecule has 0 bridgehead atoms. The standard InChI is InChI=1S/C8H11N3/c1-7-5-10-11(6-7)8(2)3-4-9/h5-6,8H,3H2,1-2H3. The Labute approximate surface area is 66.3 Å². The van der Waals surface area contributed by atoms with Crippen LogP contribution in [-0.2, 0) is 0 Å². The minimum absolute atomic E-state index is 0.189. The van der Waals surface area contributed by atoms with Gasteiger partial charge in [0.2, 0.25) is 0 Å². The highest BCUT2D eigenvalue weighted by Gasteiger charge is 2.03. The summed E-state index contributed by atoms with van der Waals surface area (Å²) < 4.78 is 1.82. The number of aryl methyl sites for hydroxylation is 1. The number of rotatable bonds is 2. The molecule has 0 amide bonds. The third-order valence-corrected chi connectivity index (χ3v) is 1.57. The van der Waals surface area contributed by atoms with Gasteiger partial charge in [0.25, 0.3) is 0 Å². The van der Waals surface area contributed by atoms with Gasteiger partial charge in [-0.1, -0.05) is 0 Å². The van der Waals surface area contributed by atoms with Crippen LogP contribution in [0.2, 0.25) is 0 Å². The predicted molar refractivity (Wildman–Crippen MR) is 41.9 cm³/mol. The van der Waals surface area contributed by atoms with Gasteiger partial charge >= 0.3 is 0 Å². The summed E-state index contributed by atoms with van der Waals surface area (Å²) in [6.45, 7) is 3.97. The minimum atomic E-state index is 0.189. The van der Waals surface area contributed by atoms with Crippen LogP contribution >= 0.6 is 0 Å². The van der Waals surface area contributed by atoms with Crippen molar-refractivity contribution in [1.82, 2.24) is 9.78 Å². The molecular formula is C8H11N3. The second-order valence-electron chi connectivity index (χ2n) is 2.71. The Morgan fingerprint density at radius 1 is 1.82 bits per heavy atom. The lowest BCUT2D eigenvalue weighted by molar-refractivity contribution is 0.500. The van der Waals surface area contributed by atoms with Crippen LogP contribution in [0.4, 0.5) is 0 Å². The molecule has 58 valence electrons. The molecule has 1 aromatic heterocycles. The van der Waals surface area contributed by atoms with Crippen molar-refractivity contribution in [2.45, 2.75) is 26.3 Å². The molecule has 0 aromatic carbocycles. The smallest absolute Gasteiger partial charge is 0.0644 e. The first-order chi connectivity index (χ1) is 5.24. The SMILES string of the molecule is Cc1cnn(C(C)CC#N)c1. The van der Waals surface area contributed by atoms with Crippen molar-refractivity contribution in [3.05, 3.63) is 18.0 Å². The summed E-state index contributed by atoms with van der Waals surface area (Å²) in [5, 5.41) is 12.5. The maximum Gasteiger partial charge on any atom is 0.0644 e. The number of hydrogen-bond donors (Lipinski definition) is 0. The average molecular weight is 149 g/mol. The molecule has 1 unspecified atom stereocenters. The van der Waals surface area contributed by atoms with Crippen LogP contribution in [0, 0.1) is 18.3 Å². The normalized spacial score (nSPS) is 12.5. The van der Waals surface area contributed by atoms with Crippen LogP contribution in [0.5, 0.6) is 0 Å². The molecule has 3 heteroatoms. The van der Waals surface area contributed by atoms with Gasteiger partial charge in [-0.2, -0.15) is 10.4 Å². The fourth-order valence-electron chi connectivity index (χ4n) is 0.900. The number of hydrogen-bond acceptors (Lipinski definition) is 2. The summed E-state index contributed by atoms with van der Waals surface area (Å²) in [6.07, 6.45) is 4.26. The highest BCUT2D eigenvalue weighted by molar-refractivity contribution is 5.00. The third-order valence-electron chi connectivity index (χ3n) is 1.57. The Morgan fingerprint density at radius 3 is 3.00 bits per heavy atom. The first-order valence-electron chi connectivity index (χ1n) is 3.61. The summed E-state index contributed by atoms with van der Waals surface area (Å²) in [7, 11) is 0. The molecule has 1 heterocycles. The maximum absolute atomic E-state index is 8.41. The van der Waals surface area contributed by atoms with E-state index < -0.39 is 0 Å². The van der Waals surface area contributed by atoms with Crippen LogP contribution in [0.1, 0.15) is 24.9 Å². The first-order valence-corrected chi connectivity index (χ1v) is 3.61. The monoisotopic (exact) mass is 149 g/mol. The second kappa shape index (κ2) is 3.20. The Bertz CT molecular complexity index is 269. The van der Waals surface area contributed by atoms with E-state index in [1.807, 2.05) is 24.7 Å². The van der Waals surface area contributed by atoms with Gasteiger partial charge in [0.15, 0.2) is 0 Å². The zero-order valence-electron chi connectivity index (χ0n) is 6.78. The maximum atomic E-state index is 8.41. The first kappa shape index (κ1) is 7.80. The molecule has 0 saturated heterocycles. The quantitative estimate of drug-likeness (QED) is 0.641. The molecule has 0 saturated carbocycles. The van der Waals surface area contributed by atoms with Crippen molar-refractivity contribution in [1.29, 1.82) is 5.26 Å². The van der Waals surface area contributed by atoms with E-state index in [0.717, 1.165) is 5.56 Å². The Kier molecular flexibility index (Phi) is 2.27. The summed E-state index contributed by atoms with van der Waals surface area (Å²) in [4.78, 5) is 0. The summed E-state index contributed by atoms with van der Waals surface area (Å²) in [5.41, 5.74) is 1.13. The van der Waals surface area contributed by atoms with Gasteiger partial charge in [0.1, 0.15) is 0 Å². The van der Waals surface area contributed by atoms with Gasteiger partial charge in [-0.15, -0.1) is 0 Å². The van der Waals surface area contributed by atoms with Crippen LogP contribution in [-0.4, -0.2) is 9.78 Å². The van der Waals surface area contributed by atoms with E-state index in [0.29, 0.717) is 6.42 Å². The molecule has 1 aromatic rings. The second-order valence-corrected chi connectivity index (χ2v) is 2.71.